The Morgan fingerprint density at radius 2 is 2.00 bits per heavy atom. The van der Waals surface area contributed by atoms with E-state index in [1.807, 2.05) is 0 Å². The second-order valence-electron chi connectivity index (χ2n) is 7.79. The molecule has 1 aliphatic heterocycles. The van der Waals surface area contributed by atoms with Gasteiger partial charge in [0.05, 0.1) is 11.7 Å². The molecule has 31 heavy (non-hydrogen) atoms. The number of hydrogen-bond acceptors (Lipinski definition) is 10. The minimum atomic E-state index is -4.38. The topological polar surface area (TPSA) is 226 Å². The summed E-state index contributed by atoms with van der Waals surface area (Å²) in [6, 6.07) is 0. The van der Waals surface area contributed by atoms with E-state index in [-0.39, 0.29) is 30.0 Å². The van der Waals surface area contributed by atoms with Gasteiger partial charge in [-0.1, -0.05) is 6.92 Å². The lowest BCUT2D eigenvalue weighted by Gasteiger charge is -2.34. The van der Waals surface area contributed by atoms with Crippen LogP contribution in [0, 0.1) is 0 Å². The molecule has 3 unspecified atom stereocenters. The molecule has 3 heterocycles. The van der Waals surface area contributed by atoms with Crippen LogP contribution < -0.4 is 17.0 Å². The van der Waals surface area contributed by atoms with Crippen molar-refractivity contribution >= 4 is 24.7 Å². The molecule has 14 nitrogen and oxygen atoms in total. The summed E-state index contributed by atoms with van der Waals surface area (Å²) in [6.45, 7) is 4.27. The molecule has 8 N–H and O–H groups in total. The van der Waals surface area contributed by atoms with E-state index in [4.69, 9.17) is 15.0 Å². The van der Waals surface area contributed by atoms with Crippen LogP contribution in [-0.4, -0.2) is 69.5 Å². The summed E-state index contributed by atoms with van der Waals surface area (Å²) in [5.41, 5.74) is 2.34. The largest absolute Gasteiger partial charge is 0.388 e. The summed E-state index contributed by atoms with van der Waals surface area (Å²) in [7, 11) is -4.38. The van der Waals surface area contributed by atoms with Crippen LogP contribution >= 0.6 is 7.60 Å². The lowest BCUT2D eigenvalue weighted by molar-refractivity contribution is -0.0675. The first kappa shape index (κ1) is 23.6. The van der Waals surface area contributed by atoms with Crippen LogP contribution in [0.3, 0.4) is 0 Å². The monoisotopic (exact) mass is 463 g/mol. The molecular formula is C16H26N5O9P. The molecule has 15 heteroatoms. The van der Waals surface area contributed by atoms with Gasteiger partial charge in [-0.25, -0.2) is 9.36 Å². The minimum absolute atomic E-state index is 0.150. The number of hydrogen-bond donors (Lipinski definition) is 7. The summed E-state index contributed by atoms with van der Waals surface area (Å²) >= 11 is 0. The second-order valence-corrected chi connectivity index (χ2v) is 9.85. The zero-order chi connectivity index (χ0) is 23.3. The van der Waals surface area contributed by atoms with Gasteiger partial charge in [0, 0.05) is 6.42 Å². The van der Waals surface area contributed by atoms with Gasteiger partial charge in [-0.3, -0.25) is 19.3 Å². The molecular weight excluding hydrogens is 437 g/mol. The van der Waals surface area contributed by atoms with Gasteiger partial charge < -0.3 is 35.2 Å². The van der Waals surface area contributed by atoms with E-state index in [9.17, 15) is 34.4 Å². The Morgan fingerprint density at radius 3 is 2.58 bits per heavy atom. The molecule has 0 spiro atoms. The smallest absolute Gasteiger partial charge is 0.356 e. The van der Waals surface area contributed by atoms with E-state index < -0.39 is 54.8 Å². The molecule has 2 aromatic rings. The third kappa shape index (κ3) is 4.32. The van der Waals surface area contributed by atoms with Crippen molar-refractivity contribution in [3.63, 3.8) is 0 Å². The van der Waals surface area contributed by atoms with Crippen molar-refractivity contribution in [2.75, 3.05) is 5.73 Å². The summed E-state index contributed by atoms with van der Waals surface area (Å²) in [5.74, 6) is -1.90. The third-order valence-electron chi connectivity index (χ3n) is 5.39. The van der Waals surface area contributed by atoms with E-state index in [2.05, 4.69) is 15.0 Å². The maximum atomic E-state index is 12.4. The number of aromatic nitrogens is 4. The van der Waals surface area contributed by atoms with Crippen LogP contribution in [0.25, 0.3) is 11.2 Å². The van der Waals surface area contributed by atoms with Gasteiger partial charge in [0.25, 0.3) is 5.56 Å². The lowest BCUT2D eigenvalue weighted by Crippen LogP contribution is -2.39. The lowest BCUT2D eigenvalue weighted by atomic mass is 9.93. The number of nitrogens with two attached hydrogens (primary N) is 1. The zero-order valence-corrected chi connectivity index (χ0v) is 17.9. The van der Waals surface area contributed by atoms with Gasteiger partial charge in [0.15, 0.2) is 23.2 Å². The number of aliphatic hydroxyl groups is 3. The van der Waals surface area contributed by atoms with E-state index in [0.29, 0.717) is 0 Å². The highest BCUT2D eigenvalue weighted by molar-refractivity contribution is 7.53. The van der Waals surface area contributed by atoms with Crippen LogP contribution in [0.5, 0.6) is 0 Å². The van der Waals surface area contributed by atoms with Crippen molar-refractivity contribution in [2.45, 2.75) is 69.6 Å². The van der Waals surface area contributed by atoms with Gasteiger partial charge in [0.2, 0.25) is 5.95 Å². The second kappa shape index (κ2) is 8.13. The summed E-state index contributed by atoms with van der Waals surface area (Å²) in [6.07, 6.45) is -5.58. The highest BCUT2D eigenvalue weighted by atomic mass is 31.2. The van der Waals surface area contributed by atoms with Gasteiger partial charge in [-0.05, 0) is 20.3 Å². The Balaban J connectivity index is 1.93. The van der Waals surface area contributed by atoms with Crippen molar-refractivity contribution in [3.8, 4) is 0 Å². The van der Waals surface area contributed by atoms with Gasteiger partial charge >= 0.3 is 13.3 Å². The fourth-order valence-corrected chi connectivity index (χ4v) is 4.43. The fraction of sp³-hybridized carbons (Fsp3) is 0.688. The molecule has 0 saturated carbocycles. The Bertz CT molecular complexity index is 1130. The molecule has 174 valence electrons. The Labute approximate surface area is 175 Å². The van der Waals surface area contributed by atoms with Gasteiger partial charge in [0.1, 0.15) is 12.2 Å². The number of fused-ring (bicyclic) bond motifs is 1. The van der Waals surface area contributed by atoms with Crippen molar-refractivity contribution in [2.24, 2.45) is 0 Å². The number of ether oxygens (including phenoxy) is 1. The molecule has 2 aromatic heterocycles. The molecule has 1 saturated heterocycles. The first-order valence-electron chi connectivity index (χ1n) is 9.52. The average Bonchev–Trinajstić information content (AvgIpc) is 3.12. The fourth-order valence-electron chi connectivity index (χ4n) is 3.44. The van der Waals surface area contributed by atoms with Crippen molar-refractivity contribution in [1.29, 1.82) is 0 Å². The zero-order valence-electron chi connectivity index (χ0n) is 17.1. The van der Waals surface area contributed by atoms with E-state index in [1.54, 1.807) is 6.92 Å². The van der Waals surface area contributed by atoms with Crippen LogP contribution in [0.15, 0.2) is 9.59 Å². The Kier molecular flexibility index (Phi) is 6.19. The molecule has 0 amide bonds. The third-order valence-corrected chi connectivity index (χ3v) is 7.04. The highest BCUT2D eigenvalue weighted by Crippen LogP contribution is 2.52. The average molecular weight is 463 g/mol. The summed E-state index contributed by atoms with van der Waals surface area (Å²) in [5, 5.41) is 30.5. The quantitative estimate of drug-likeness (QED) is 0.239. The predicted octanol–water partition coefficient (Wildman–Crippen LogP) is -1.29. The van der Waals surface area contributed by atoms with E-state index in [0.717, 1.165) is 11.5 Å². The number of aromatic amines is 2. The first-order chi connectivity index (χ1) is 14.3. The summed E-state index contributed by atoms with van der Waals surface area (Å²) < 4.78 is 24.0. The predicted molar refractivity (Wildman–Crippen MR) is 107 cm³/mol. The standard InChI is InChI=1S/C16H26N5O9P/c1-4-16(3,30-31(27,28)6(2)22)5-7-9(23)10(24)13(29-7)21-11-8(18-15(21)26)12(25)20-14(17)19-11/h6-7,9-10,13,22-24H,4-5H2,1-3H3,(H,18,26)(H,27,28)(H3,17,19,20,25)/t6?,7-,9-,10-,13-,16?/m1/s1. The van der Waals surface area contributed by atoms with Crippen molar-refractivity contribution in [3.05, 3.63) is 20.8 Å². The molecule has 0 aromatic carbocycles. The minimum Gasteiger partial charge on any atom is -0.388 e. The van der Waals surface area contributed by atoms with Crippen LogP contribution in [0.1, 0.15) is 39.8 Å². The maximum Gasteiger partial charge on any atom is 0.356 e. The molecule has 7 atom stereocenters. The number of nitrogen functional groups attached to an aromatic ring is 1. The number of aliphatic hydroxyl groups excluding tert-OH is 3. The van der Waals surface area contributed by atoms with Crippen molar-refractivity contribution < 1.29 is 34.0 Å². The molecule has 0 aliphatic carbocycles. The molecule has 0 bridgehead atoms. The van der Waals surface area contributed by atoms with Crippen molar-refractivity contribution in [1.82, 2.24) is 19.5 Å². The number of H-pyrrole nitrogens is 2. The Hall–Kier alpha value is -2.06. The van der Waals surface area contributed by atoms with Gasteiger partial charge in [-0.2, -0.15) is 4.98 Å². The number of imidazole rings is 1. The maximum absolute atomic E-state index is 12.4. The number of anilines is 1. The van der Waals surface area contributed by atoms with Crippen LogP contribution in [-0.2, 0) is 13.8 Å². The SMILES string of the molecule is CCC(C)(C[C@H]1O[C@@H](n2c(=O)[nH]c3c(=O)[nH]c(N)nc32)[C@H](O)[C@@H]1O)OP(=O)(O)C(C)O. The normalized spacial score (nSPS) is 29.0. The summed E-state index contributed by atoms with van der Waals surface area (Å²) in [4.78, 5) is 42.8. The Morgan fingerprint density at radius 1 is 1.35 bits per heavy atom. The van der Waals surface area contributed by atoms with E-state index in [1.165, 1.54) is 6.92 Å². The van der Waals surface area contributed by atoms with E-state index >= 15 is 0 Å². The van der Waals surface area contributed by atoms with Gasteiger partial charge in [-0.15, -0.1) is 0 Å². The molecule has 1 fully saturated rings. The number of rotatable bonds is 7. The molecule has 0 radical (unpaired) electrons. The molecule has 1 aliphatic rings. The molecule has 3 rings (SSSR count). The number of nitrogens with zero attached hydrogens (tertiary/aromatic N) is 2. The highest BCUT2D eigenvalue weighted by Gasteiger charge is 2.49. The van der Waals surface area contributed by atoms with Crippen LogP contribution in [0.2, 0.25) is 0 Å². The van der Waals surface area contributed by atoms with Crippen LogP contribution in [0.4, 0.5) is 5.95 Å². The first-order valence-corrected chi connectivity index (χ1v) is 11.2. The number of nitrogens with one attached hydrogen (secondary N) is 2.